The highest BCUT2D eigenvalue weighted by molar-refractivity contribution is 5.90. The smallest absolute Gasteiger partial charge is 0.339 e. The van der Waals surface area contributed by atoms with Gasteiger partial charge in [0, 0.05) is 5.69 Å². The van der Waals surface area contributed by atoms with Crippen LogP contribution in [0.4, 0.5) is 10.5 Å². The summed E-state index contributed by atoms with van der Waals surface area (Å²) in [5, 5.41) is 6.66. The van der Waals surface area contributed by atoms with E-state index < -0.39 is 6.03 Å². The van der Waals surface area contributed by atoms with Gasteiger partial charge in [-0.2, -0.15) is 5.10 Å². The highest BCUT2D eigenvalue weighted by Gasteiger charge is 2.06. The number of ether oxygens (including phenoxy) is 3. The summed E-state index contributed by atoms with van der Waals surface area (Å²) in [5.41, 5.74) is 5.01. The van der Waals surface area contributed by atoms with Crippen molar-refractivity contribution in [3.8, 4) is 17.2 Å². The van der Waals surface area contributed by atoms with Gasteiger partial charge in [-0.15, -0.1) is 6.58 Å². The van der Waals surface area contributed by atoms with Crippen molar-refractivity contribution in [1.82, 2.24) is 5.43 Å². The molecule has 0 fully saturated rings. The molecule has 0 saturated heterocycles. The van der Waals surface area contributed by atoms with Gasteiger partial charge in [-0.3, -0.25) is 0 Å². The zero-order valence-corrected chi connectivity index (χ0v) is 18.5. The molecule has 170 valence electrons. The number of urea groups is 1. The van der Waals surface area contributed by atoms with Crippen LogP contribution in [0.5, 0.6) is 17.2 Å². The van der Waals surface area contributed by atoms with Crippen LogP contribution in [0, 0.1) is 0 Å². The molecule has 0 aromatic heterocycles. The van der Waals surface area contributed by atoms with Gasteiger partial charge in [0.25, 0.3) is 0 Å². The van der Waals surface area contributed by atoms with Crippen LogP contribution in [0.2, 0.25) is 0 Å². The zero-order valence-electron chi connectivity index (χ0n) is 18.5. The summed E-state index contributed by atoms with van der Waals surface area (Å²) in [6, 6.07) is 21.9. The minimum absolute atomic E-state index is 0.357. The monoisotopic (exact) mass is 445 g/mol. The van der Waals surface area contributed by atoms with E-state index in [-0.39, 0.29) is 0 Å². The van der Waals surface area contributed by atoms with E-state index in [2.05, 4.69) is 22.4 Å². The minimum atomic E-state index is -0.421. The number of nitrogens with one attached hydrogen (secondary N) is 2. The minimum Gasteiger partial charge on any atom is -0.493 e. The third kappa shape index (κ3) is 7.74. The maximum absolute atomic E-state index is 11.9. The molecule has 0 radical (unpaired) electrons. The average molecular weight is 446 g/mol. The second-order valence-corrected chi connectivity index (χ2v) is 6.94. The number of benzene rings is 3. The fraction of sp³-hybridized carbons (Fsp3) is 0.154. The van der Waals surface area contributed by atoms with Crippen molar-refractivity contribution >= 4 is 17.9 Å². The van der Waals surface area contributed by atoms with E-state index in [9.17, 15) is 4.79 Å². The van der Waals surface area contributed by atoms with Crippen LogP contribution >= 0.6 is 0 Å². The molecule has 0 saturated carbocycles. The maximum atomic E-state index is 11.9. The van der Waals surface area contributed by atoms with E-state index >= 15 is 0 Å². The van der Waals surface area contributed by atoms with E-state index in [1.54, 1.807) is 25.5 Å². The molecule has 0 aliphatic heterocycles. The van der Waals surface area contributed by atoms with Gasteiger partial charge in [0.2, 0.25) is 0 Å². The summed E-state index contributed by atoms with van der Waals surface area (Å²) in [4.78, 5) is 11.9. The highest BCUT2D eigenvalue weighted by Crippen LogP contribution is 2.28. The van der Waals surface area contributed by atoms with Gasteiger partial charge in [-0.05, 0) is 53.9 Å². The van der Waals surface area contributed by atoms with Crippen LogP contribution in [-0.2, 0) is 6.42 Å². The zero-order chi connectivity index (χ0) is 23.3. The van der Waals surface area contributed by atoms with Gasteiger partial charge in [0.1, 0.15) is 19.0 Å². The lowest BCUT2D eigenvalue weighted by Gasteiger charge is -2.12. The molecule has 2 amide bonds. The Hall–Kier alpha value is -4.26. The van der Waals surface area contributed by atoms with Crippen LogP contribution in [0.25, 0.3) is 0 Å². The third-order valence-corrected chi connectivity index (χ3v) is 4.49. The van der Waals surface area contributed by atoms with Crippen molar-refractivity contribution in [3.05, 3.63) is 96.6 Å². The molecule has 0 bridgehead atoms. The van der Waals surface area contributed by atoms with Crippen LogP contribution in [0.1, 0.15) is 11.1 Å². The number of allylic oxidation sites excluding steroid dienone is 1. The fourth-order valence-electron chi connectivity index (χ4n) is 2.97. The van der Waals surface area contributed by atoms with Crippen molar-refractivity contribution in [2.45, 2.75) is 6.42 Å². The molecule has 3 aromatic carbocycles. The van der Waals surface area contributed by atoms with Gasteiger partial charge in [-0.1, -0.05) is 42.5 Å². The summed E-state index contributed by atoms with van der Waals surface area (Å²) in [7, 11) is 1.61. The molecule has 3 rings (SSSR count). The lowest BCUT2D eigenvalue weighted by Crippen LogP contribution is -2.24. The Morgan fingerprint density at radius 2 is 1.79 bits per heavy atom. The Kier molecular flexibility index (Phi) is 8.91. The van der Waals surface area contributed by atoms with Gasteiger partial charge < -0.3 is 19.5 Å². The Bertz CT molecular complexity index is 1080. The average Bonchev–Trinajstić information content (AvgIpc) is 2.83. The molecule has 0 aliphatic rings. The molecular formula is C26H27N3O4. The number of nitrogens with zero attached hydrogens (tertiary/aromatic N) is 1. The molecule has 7 nitrogen and oxygen atoms in total. The van der Waals surface area contributed by atoms with Crippen molar-refractivity contribution in [3.63, 3.8) is 0 Å². The summed E-state index contributed by atoms with van der Waals surface area (Å²) in [6.45, 7) is 4.47. The third-order valence-electron chi connectivity index (χ3n) is 4.49. The molecule has 7 heteroatoms. The molecule has 33 heavy (non-hydrogen) atoms. The predicted octanol–water partition coefficient (Wildman–Crippen LogP) is 5.04. The number of carbonyl (C=O) groups is 1. The summed E-state index contributed by atoms with van der Waals surface area (Å²) in [5.74, 6) is 2.01. The lowest BCUT2D eigenvalue weighted by atomic mass is 10.1. The molecule has 0 spiro atoms. The number of amides is 2. The highest BCUT2D eigenvalue weighted by atomic mass is 16.5. The second kappa shape index (κ2) is 12.6. The summed E-state index contributed by atoms with van der Waals surface area (Å²) < 4.78 is 17.0. The van der Waals surface area contributed by atoms with E-state index in [4.69, 9.17) is 14.2 Å². The van der Waals surface area contributed by atoms with Crippen LogP contribution in [-0.4, -0.2) is 32.6 Å². The number of hydrazone groups is 1. The van der Waals surface area contributed by atoms with Gasteiger partial charge in [0.15, 0.2) is 11.5 Å². The van der Waals surface area contributed by atoms with Crippen molar-refractivity contribution in [1.29, 1.82) is 0 Å². The largest absolute Gasteiger partial charge is 0.493 e. The molecule has 0 aliphatic carbocycles. The standard InChI is InChI=1S/C26H27N3O4/c1-3-8-20-13-14-24(25(18-20)31-2)33-16-15-32-23-12-7-9-21(17-23)19-27-29-26(30)28-22-10-5-4-6-11-22/h3-7,9-14,17-19H,1,8,15-16H2,2H3,(H2,28,29,30)/b27-19+. The Labute approximate surface area is 193 Å². The van der Waals surface area contributed by atoms with Crippen molar-refractivity contribution in [2.24, 2.45) is 5.10 Å². The molecule has 2 N–H and O–H groups in total. The predicted molar refractivity (Wildman–Crippen MR) is 131 cm³/mol. The first-order valence-electron chi connectivity index (χ1n) is 10.5. The van der Waals surface area contributed by atoms with Crippen molar-refractivity contribution < 1.29 is 19.0 Å². The normalized spacial score (nSPS) is 10.5. The SMILES string of the molecule is C=CCc1ccc(OCCOc2cccc(/C=N/NC(=O)Nc3ccccc3)c2)c(OC)c1. The van der Waals surface area contributed by atoms with Crippen LogP contribution < -0.4 is 25.0 Å². The first-order chi connectivity index (χ1) is 16.2. The number of rotatable bonds is 11. The van der Waals surface area contributed by atoms with Gasteiger partial charge >= 0.3 is 6.03 Å². The number of carbonyl (C=O) groups excluding carboxylic acids is 1. The Morgan fingerprint density at radius 3 is 2.58 bits per heavy atom. The number of para-hydroxylation sites is 1. The first kappa shape index (κ1) is 23.4. The molecule has 3 aromatic rings. The summed E-state index contributed by atoms with van der Waals surface area (Å²) in [6.07, 6.45) is 4.16. The number of hydrogen-bond donors (Lipinski definition) is 2. The number of methoxy groups -OCH3 is 1. The number of hydrogen-bond acceptors (Lipinski definition) is 5. The van der Waals surface area contributed by atoms with Crippen LogP contribution in [0.15, 0.2) is 90.6 Å². The maximum Gasteiger partial charge on any atom is 0.339 e. The Balaban J connectivity index is 1.45. The van der Waals surface area contributed by atoms with E-state index in [1.807, 2.05) is 66.7 Å². The quantitative estimate of drug-likeness (QED) is 0.188. The first-order valence-corrected chi connectivity index (χ1v) is 10.5. The Morgan fingerprint density at radius 1 is 0.970 bits per heavy atom. The van der Waals surface area contributed by atoms with E-state index in [1.165, 1.54) is 0 Å². The lowest BCUT2D eigenvalue weighted by molar-refractivity contribution is 0.211. The molecule has 0 unspecified atom stereocenters. The number of anilines is 1. The molecule has 0 heterocycles. The summed E-state index contributed by atoms with van der Waals surface area (Å²) >= 11 is 0. The van der Waals surface area contributed by atoms with Crippen LogP contribution in [0.3, 0.4) is 0 Å². The van der Waals surface area contributed by atoms with Crippen molar-refractivity contribution in [2.75, 3.05) is 25.6 Å². The molecular weight excluding hydrogens is 418 g/mol. The van der Waals surface area contributed by atoms with Gasteiger partial charge in [-0.25, -0.2) is 10.2 Å². The van der Waals surface area contributed by atoms with Gasteiger partial charge in [0.05, 0.1) is 13.3 Å². The van der Waals surface area contributed by atoms with E-state index in [0.717, 1.165) is 17.5 Å². The topological polar surface area (TPSA) is 81.2 Å². The molecule has 0 atom stereocenters. The second-order valence-electron chi connectivity index (χ2n) is 6.94. The van der Waals surface area contributed by atoms with E-state index in [0.29, 0.717) is 36.1 Å². The fourth-order valence-corrected chi connectivity index (χ4v) is 2.97.